The minimum atomic E-state index is -0.892. The lowest BCUT2D eigenvalue weighted by Crippen LogP contribution is -2.29. The van der Waals surface area contributed by atoms with Crippen molar-refractivity contribution in [3.63, 3.8) is 0 Å². The average molecular weight is 516 g/mol. The van der Waals surface area contributed by atoms with Gasteiger partial charge in [0.05, 0.1) is 35.0 Å². The summed E-state index contributed by atoms with van der Waals surface area (Å²) in [6, 6.07) is 14.9. The number of fused-ring (bicyclic) bond motifs is 1. The van der Waals surface area contributed by atoms with Crippen LogP contribution in [-0.4, -0.2) is 40.0 Å². The van der Waals surface area contributed by atoms with E-state index in [4.69, 9.17) is 9.47 Å². The molecule has 0 radical (unpaired) electrons. The SMILES string of the molecule is CCCOc1ccc(/C(O)=C2\C(=O)C(=O)N(c3nc4ccc(OCC)cc4s3)C2c2cccnc2)cc1. The molecule has 1 fully saturated rings. The molecule has 5 rings (SSSR count). The number of aromatic nitrogens is 2. The monoisotopic (exact) mass is 515 g/mol. The summed E-state index contributed by atoms with van der Waals surface area (Å²) < 4.78 is 12.0. The van der Waals surface area contributed by atoms with Gasteiger partial charge < -0.3 is 14.6 Å². The maximum absolute atomic E-state index is 13.4. The van der Waals surface area contributed by atoms with Crippen LogP contribution >= 0.6 is 11.3 Å². The van der Waals surface area contributed by atoms with E-state index in [9.17, 15) is 14.7 Å². The second-order valence-corrected chi connectivity index (χ2v) is 9.40. The number of benzene rings is 2. The van der Waals surface area contributed by atoms with E-state index >= 15 is 0 Å². The molecular formula is C28H25N3O5S. The van der Waals surface area contributed by atoms with Crippen molar-refractivity contribution in [3.05, 3.63) is 83.7 Å². The smallest absolute Gasteiger partial charge is 0.301 e. The molecular weight excluding hydrogens is 490 g/mol. The zero-order valence-corrected chi connectivity index (χ0v) is 21.2. The Morgan fingerprint density at radius 3 is 2.54 bits per heavy atom. The van der Waals surface area contributed by atoms with Crippen LogP contribution in [0.2, 0.25) is 0 Å². The van der Waals surface area contributed by atoms with E-state index < -0.39 is 17.7 Å². The number of aliphatic hydroxyl groups excluding tert-OH is 1. The van der Waals surface area contributed by atoms with Gasteiger partial charge in [-0.2, -0.15) is 0 Å². The van der Waals surface area contributed by atoms with Crippen molar-refractivity contribution in [1.29, 1.82) is 0 Å². The van der Waals surface area contributed by atoms with Gasteiger partial charge in [0.2, 0.25) is 0 Å². The highest BCUT2D eigenvalue weighted by Crippen LogP contribution is 2.44. The lowest BCUT2D eigenvalue weighted by atomic mass is 9.96. The number of nitrogens with zero attached hydrogens (tertiary/aromatic N) is 3. The summed E-state index contributed by atoms with van der Waals surface area (Å²) in [4.78, 5) is 36.9. The van der Waals surface area contributed by atoms with Crippen LogP contribution in [0.3, 0.4) is 0 Å². The number of carbonyl (C=O) groups is 2. The second kappa shape index (κ2) is 10.4. The van der Waals surface area contributed by atoms with Crippen molar-refractivity contribution in [2.75, 3.05) is 18.1 Å². The number of thiazole rings is 1. The number of Topliss-reactive ketones (excluding diaryl/α,β-unsaturated/α-hetero) is 1. The summed E-state index contributed by atoms with van der Waals surface area (Å²) >= 11 is 1.28. The summed E-state index contributed by atoms with van der Waals surface area (Å²) in [7, 11) is 0. The Balaban J connectivity index is 1.61. The van der Waals surface area contributed by atoms with Gasteiger partial charge in [-0.25, -0.2) is 4.98 Å². The molecule has 1 unspecified atom stereocenters. The molecule has 188 valence electrons. The van der Waals surface area contributed by atoms with Crippen molar-refractivity contribution in [3.8, 4) is 11.5 Å². The first-order valence-electron chi connectivity index (χ1n) is 12.0. The van der Waals surface area contributed by atoms with Crippen LogP contribution in [0.25, 0.3) is 16.0 Å². The van der Waals surface area contributed by atoms with E-state index in [2.05, 4.69) is 9.97 Å². The quantitative estimate of drug-likeness (QED) is 0.188. The summed E-state index contributed by atoms with van der Waals surface area (Å²) in [5.41, 5.74) is 1.65. The van der Waals surface area contributed by atoms with Crippen LogP contribution in [0.15, 0.2) is 72.6 Å². The van der Waals surface area contributed by atoms with E-state index in [1.165, 1.54) is 16.2 Å². The van der Waals surface area contributed by atoms with Gasteiger partial charge in [0.15, 0.2) is 5.13 Å². The first kappa shape index (κ1) is 24.5. The fraction of sp³-hybridized carbons (Fsp3) is 0.214. The molecule has 8 nitrogen and oxygen atoms in total. The van der Waals surface area contributed by atoms with Crippen LogP contribution in [0.5, 0.6) is 11.5 Å². The van der Waals surface area contributed by atoms with Crippen molar-refractivity contribution >= 4 is 44.1 Å². The molecule has 3 heterocycles. The highest BCUT2D eigenvalue weighted by atomic mass is 32.1. The van der Waals surface area contributed by atoms with Gasteiger partial charge in [-0.3, -0.25) is 19.5 Å². The van der Waals surface area contributed by atoms with Crippen LogP contribution in [0.4, 0.5) is 5.13 Å². The molecule has 1 atom stereocenters. The Morgan fingerprint density at radius 2 is 1.84 bits per heavy atom. The minimum absolute atomic E-state index is 0.0190. The molecule has 1 aliphatic heterocycles. The molecule has 1 amide bonds. The molecule has 1 N–H and O–H groups in total. The summed E-state index contributed by atoms with van der Waals surface area (Å²) in [6.07, 6.45) is 4.06. The normalized spacial score (nSPS) is 16.9. The Bertz CT molecular complexity index is 1480. The molecule has 0 spiro atoms. The molecule has 1 aliphatic rings. The predicted octanol–water partition coefficient (Wildman–Crippen LogP) is 5.51. The summed E-state index contributed by atoms with van der Waals surface area (Å²) in [5.74, 6) is -0.461. The Labute approximate surface area is 217 Å². The molecule has 9 heteroatoms. The number of aliphatic hydroxyl groups is 1. The third kappa shape index (κ3) is 4.65. The van der Waals surface area contributed by atoms with Crippen LogP contribution in [0.1, 0.15) is 37.4 Å². The fourth-order valence-electron chi connectivity index (χ4n) is 4.22. The molecule has 1 saturated heterocycles. The lowest BCUT2D eigenvalue weighted by Gasteiger charge is -2.22. The molecule has 0 bridgehead atoms. The molecule has 4 aromatic rings. The third-order valence-corrected chi connectivity index (χ3v) is 6.93. The van der Waals surface area contributed by atoms with E-state index in [0.717, 1.165) is 11.1 Å². The van der Waals surface area contributed by atoms with Crippen LogP contribution < -0.4 is 14.4 Å². The van der Waals surface area contributed by atoms with Gasteiger partial charge in [0, 0.05) is 18.0 Å². The minimum Gasteiger partial charge on any atom is -0.507 e. The van der Waals surface area contributed by atoms with Crippen molar-refractivity contribution < 1.29 is 24.2 Å². The third-order valence-electron chi connectivity index (χ3n) is 5.91. The maximum Gasteiger partial charge on any atom is 0.301 e. The molecule has 0 saturated carbocycles. The van der Waals surface area contributed by atoms with E-state index in [-0.39, 0.29) is 11.3 Å². The average Bonchev–Trinajstić information content (AvgIpc) is 3.45. The zero-order valence-electron chi connectivity index (χ0n) is 20.4. The van der Waals surface area contributed by atoms with Gasteiger partial charge in [-0.1, -0.05) is 24.3 Å². The van der Waals surface area contributed by atoms with Gasteiger partial charge in [0.25, 0.3) is 5.78 Å². The van der Waals surface area contributed by atoms with E-state index in [1.807, 2.05) is 32.0 Å². The maximum atomic E-state index is 13.4. The largest absolute Gasteiger partial charge is 0.507 e. The van der Waals surface area contributed by atoms with Gasteiger partial charge >= 0.3 is 5.91 Å². The molecule has 2 aromatic heterocycles. The van der Waals surface area contributed by atoms with E-state index in [0.29, 0.717) is 46.5 Å². The topological polar surface area (TPSA) is 102 Å². The fourth-order valence-corrected chi connectivity index (χ4v) is 5.24. The van der Waals surface area contributed by atoms with Crippen LogP contribution in [0, 0.1) is 0 Å². The van der Waals surface area contributed by atoms with Crippen molar-refractivity contribution in [2.24, 2.45) is 0 Å². The number of hydrogen-bond acceptors (Lipinski definition) is 8. The molecule has 2 aromatic carbocycles. The number of carbonyl (C=O) groups excluding carboxylic acids is 2. The highest BCUT2D eigenvalue weighted by molar-refractivity contribution is 7.22. The van der Waals surface area contributed by atoms with Crippen molar-refractivity contribution in [2.45, 2.75) is 26.3 Å². The number of amides is 1. The van der Waals surface area contributed by atoms with E-state index in [1.54, 1.807) is 48.8 Å². The second-order valence-electron chi connectivity index (χ2n) is 8.39. The van der Waals surface area contributed by atoms with Gasteiger partial charge in [0.1, 0.15) is 17.3 Å². The number of pyridine rings is 1. The number of ketones is 1. The van der Waals surface area contributed by atoms with Gasteiger partial charge in [-0.05, 0) is 67.4 Å². The predicted molar refractivity (Wildman–Crippen MR) is 142 cm³/mol. The summed E-state index contributed by atoms with van der Waals surface area (Å²) in [6.45, 7) is 5.02. The Kier molecular flexibility index (Phi) is 6.87. The zero-order chi connectivity index (χ0) is 25.9. The Hall–Kier alpha value is -4.24. The number of ether oxygens (including phenoxy) is 2. The summed E-state index contributed by atoms with van der Waals surface area (Å²) in [5, 5.41) is 11.6. The lowest BCUT2D eigenvalue weighted by molar-refractivity contribution is -0.132. The highest BCUT2D eigenvalue weighted by Gasteiger charge is 2.48. The van der Waals surface area contributed by atoms with Crippen LogP contribution in [-0.2, 0) is 9.59 Å². The number of rotatable bonds is 8. The first-order valence-corrected chi connectivity index (χ1v) is 12.8. The standard InChI is InChI=1S/C28H25N3O5S/c1-3-14-36-19-9-7-17(8-10-19)25(32)23-24(18-6-5-13-29-16-18)31(27(34)26(23)33)28-30-21-12-11-20(35-4-2)15-22(21)37-28/h5-13,15-16,24,32H,3-4,14H2,1-2H3/b25-23+. The number of anilines is 1. The van der Waals surface area contributed by atoms with Crippen molar-refractivity contribution in [1.82, 2.24) is 9.97 Å². The van der Waals surface area contributed by atoms with Gasteiger partial charge in [-0.15, -0.1) is 0 Å². The number of hydrogen-bond donors (Lipinski definition) is 1. The first-order chi connectivity index (χ1) is 18.0. The molecule has 37 heavy (non-hydrogen) atoms. The molecule has 0 aliphatic carbocycles. The Morgan fingerprint density at radius 1 is 1.05 bits per heavy atom.